The maximum atomic E-state index is 14.4. The highest BCUT2D eigenvalue weighted by Crippen LogP contribution is 2.29. The molecule has 1 aliphatic heterocycles. The van der Waals surface area contributed by atoms with Crippen LogP contribution in [0.4, 0.5) is 13.2 Å². The quantitative estimate of drug-likeness (QED) is 0.681. The van der Waals surface area contributed by atoms with Crippen molar-refractivity contribution in [3.63, 3.8) is 0 Å². The summed E-state index contributed by atoms with van der Waals surface area (Å²) in [5.74, 6) is 3.35. The Morgan fingerprint density at radius 1 is 0.963 bits per heavy atom. The average Bonchev–Trinajstić information content (AvgIpc) is 2.64. The lowest BCUT2D eigenvalue weighted by Gasteiger charge is -2.29. The zero-order valence-electron chi connectivity index (χ0n) is 15.3. The number of aryl methyl sites for hydroxylation is 1. The molecule has 1 fully saturated rings. The van der Waals surface area contributed by atoms with E-state index in [1.165, 1.54) is 18.2 Å². The first kappa shape index (κ1) is 19.5. The molecule has 0 saturated carbocycles. The lowest BCUT2D eigenvalue weighted by molar-refractivity contribution is -0.206. The number of halogens is 3. The zero-order chi connectivity index (χ0) is 19.4. The molecule has 2 aromatic carbocycles. The van der Waals surface area contributed by atoms with Crippen molar-refractivity contribution < 1.29 is 22.6 Å². The molecular formula is C22H21F3O2. The largest absolute Gasteiger partial charge is 0.348 e. The van der Waals surface area contributed by atoms with Crippen molar-refractivity contribution in [1.29, 1.82) is 0 Å². The van der Waals surface area contributed by atoms with E-state index in [9.17, 15) is 13.2 Å². The Bertz CT molecular complexity index is 852. The second-order valence-corrected chi connectivity index (χ2v) is 6.73. The molecule has 142 valence electrons. The van der Waals surface area contributed by atoms with E-state index in [4.69, 9.17) is 9.47 Å². The fourth-order valence-corrected chi connectivity index (χ4v) is 2.96. The minimum atomic E-state index is -0.798. The predicted molar refractivity (Wildman–Crippen MR) is 96.5 cm³/mol. The molecule has 2 nitrogen and oxygen atoms in total. The fraction of sp³-hybridized carbons (Fsp3) is 0.364. The Hall–Kier alpha value is -2.29. The number of benzene rings is 2. The van der Waals surface area contributed by atoms with Crippen LogP contribution in [0.1, 0.15) is 48.3 Å². The maximum Gasteiger partial charge on any atom is 0.184 e. The van der Waals surface area contributed by atoms with Crippen LogP contribution in [0.3, 0.4) is 0 Å². The molecule has 0 N–H and O–H groups in total. The number of hydrogen-bond acceptors (Lipinski definition) is 2. The van der Waals surface area contributed by atoms with Gasteiger partial charge in [0.2, 0.25) is 0 Å². The van der Waals surface area contributed by atoms with Gasteiger partial charge in [-0.3, -0.25) is 0 Å². The van der Waals surface area contributed by atoms with Gasteiger partial charge in [0.15, 0.2) is 6.29 Å². The summed E-state index contributed by atoms with van der Waals surface area (Å²) in [6, 6.07) is 6.76. The van der Waals surface area contributed by atoms with E-state index in [0.717, 1.165) is 12.8 Å². The van der Waals surface area contributed by atoms with E-state index in [1.54, 1.807) is 19.1 Å². The first-order valence-electron chi connectivity index (χ1n) is 8.98. The molecule has 0 radical (unpaired) electrons. The summed E-state index contributed by atoms with van der Waals surface area (Å²) in [5.41, 5.74) is 0.754. The van der Waals surface area contributed by atoms with Gasteiger partial charge in [0.05, 0.1) is 18.8 Å². The zero-order valence-corrected chi connectivity index (χ0v) is 15.3. The highest BCUT2D eigenvalue weighted by Gasteiger charge is 2.24. The molecular weight excluding hydrogens is 353 g/mol. The summed E-state index contributed by atoms with van der Waals surface area (Å²) in [7, 11) is 0. The first-order valence-corrected chi connectivity index (χ1v) is 8.98. The lowest BCUT2D eigenvalue weighted by Crippen LogP contribution is -2.27. The van der Waals surface area contributed by atoms with Crippen LogP contribution in [0.25, 0.3) is 0 Å². The fourth-order valence-electron chi connectivity index (χ4n) is 2.96. The Labute approximate surface area is 157 Å². The SMILES string of the molecule is CCC[C@H]1CO[C@H](c2cc(F)c(C#Cc3ccc(C)c(F)c3)c(F)c2)OC1. The van der Waals surface area contributed by atoms with Crippen molar-refractivity contribution in [3.05, 3.63) is 70.0 Å². The number of ether oxygens (including phenoxy) is 2. The van der Waals surface area contributed by atoms with Gasteiger partial charge in [-0.15, -0.1) is 0 Å². The van der Waals surface area contributed by atoms with Crippen LogP contribution in [0.2, 0.25) is 0 Å². The van der Waals surface area contributed by atoms with Gasteiger partial charge in [0, 0.05) is 17.0 Å². The van der Waals surface area contributed by atoms with Gasteiger partial charge in [-0.25, -0.2) is 13.2 Å². The Kier molecular flexibility index (Phi) is 6.20. The Balaban J connectivity index is 1.78. The van der Waals surface area contributed by atoms with Gasteiger partial charge >= 0.3 is 0 Å². The van der Waals surface area contributed by atoms with Crippen LogP contribution in [0.5, 0.6) is 0 Å². The van der Waals surface area contributed by atoms with Crippen molar-refractivity contribution in [2.75, 3.05) is 13.2 Å². The minimum Gasteiger partial charge on any atom is -0.348 e. The standard InChI is InChI=1S/C22H21F3O2/c1-3-4-16-12-26-22(27-13-16)17-10-20(24)18(21(25)11-17)8-7-15-6-5-14(2)19(23)9-15/h5-6,9-11,16,22H,3-4,12-13H2,1-2H3/t16-,22-. The third-order valence-corrected chi connectivity index (χ3v) is 4.50. The summed E-state index contributed by atoms with van der Waals surface area (Å²) in [6.45, 7) is 4.72. The number of hydrogen-bond donors (Lipinski definition) is 0. The van der Waals surface area contributed by atoms with Crippen molar-refractivity contribution in [2.45, 2.75) is 33.0 Å². The molecule has 2 aromatic rings. The molecule has 1 heterocycles. The Morgan fingerprint density at radius 2 is 1.63 bits per heavy atom. The van der Waals surface area contributed by atoms with Crippen LogP contribution in [0, 0.1) is 42.1 Å². The van der Waals surface area contributed by atoms with E-state index in [-0.39, 0.29) is 11.1 Å². The second kappa shape index (κ2) is 8.60. The highest BCUT2D eigenvalue weighted by atomic mass is 19.1. The smallest absolute Gasteiger partial charge is 0.184 e. The van der Waals surface area contributed by atoms with Gasteiger partial charge in [-0.05, 0) is 43.2 Å². The van der Waals surface area contributed by atoms with Gasteiger partial charge in [-0.1, -0.05) is 31.3 Å². The second-order valence-electron chi connectivity index (χ2n) is 6.73. The maximum absolute atomic E-state index is 14.4. The van der Waals surface area contributed by atoms with Gasteiger partial charge in [0.1, 0.15) is 17.5 Å². The predicted octanol–water partition coefficient (Wildman–Crippen LogP) is 5.27. The molecule has 0 spiro atoms. The van der Waals surface area contributed by atoms with E-state index >= 15 is 0 Å². The summed E-state index contributed by atoms with van der Waals surface area (Å²) in [6.07, 6.45) is 1.24. The molecule has 1 saturated heterocycles. The summed E-state index contributed by atoms with van der Waals surface area (Å²) < 4.78 is 53.5. The third-order valence-electron chi connectivity index (χ3n) is 4.50. The van der Waals surface area contributed by atoms with E-state index in [1.807, 2.05) is 0 Å². The van der Waals surface area contributed by atoms with Crippen LogP contribution in [-0.2, 0) is 9.47 Å². The number of rotatable bonds is 3. The molecule has 0 atom stereocenters. The first-order chi connectivity index (χ1) is 13.0. The average molecular weight is 374 g/mol. The van der Waals surface area contributed by atoms with Crippen molar-refractivity contribution in [2.24, 2.45) is 5.92 Å². The topological polar surface area (TPSA) is 18.5 Å². The van der Waals surface area contributed by atoms with Gasteiger partial charge < -0.3 is 9.47 Å². The summed E-state index contributed by atoms with van der Waals surface area (Å²) in [5, 5.41) is 0. The molecule has 1 aliphatic rings. The van der Waals surface area contributed by atoms with Crippen LogP contribution >= 0.6 is 0 Å². The van der Waals surface area contributed by atoms with Crippen LogP contribution in [-0.4, -0.2) is 13.2 Å². The van der Waals surface area contributed by atoms with Gasteiger partial charge in [0.25, 0.3) is 0 Å². The van der Waals surface area contributed by atoms with Crippen molar-refractivity contribution in [1.82, 2.24) is 0 Å². The van der Waals surface area contributed by atoms with Crippen LogP contribution < -0.4 is 0 Å². The molecule has 0 amide bonds. The Morgan fingerprint density at radius 3 is 2.22 bits per heavy atom. The monoisotopic (exact) mass is 374 g/mol. The summed E-state index contributed by atoms with van der Waals surface area (Å²) in [4.78, 5) is 0. The normalized spacial score (nSPS) is 19.4. The third kappa shape index (κ3) is 4.71. The minimum absolute atomic E-state index is 0.284. The molecule has 0 aromatic heterocycles. The van der Waals surface area contributed by atoms with Crippen LogP contribution in [0.15, 0.2) is 30.3 Å². The molecule has 0 bridgehead atoms. The van der Waals surface area contributed by atoms with Gasteiger partial charge in [-0.2, -0.15) is 0 Å². The molecule has 0 unspecified atom stereocenters. The van der Waals surface area contributed by atoms with E-state index in [2.05, 4.69) is 18.8 Å². The lowest BCUT2D eigenvalue weighted by atomic mass is 10.0. The summed E-state index contributed by atoms with van der Waals surface area (Å²) >= 11 is 0. The highest BCUT2D eigenvalue weighted by molar-refractivity contribution is 5.45. The van der Waals surface area contributed by atoms with Crippen molar-refractivity contribution >= 4 is 0 Å². The van der Waals surface area contributed by atoms with E-state index < -0.39 is 23.7 Å². The molecule has 3 rings (SSSR count). The molecule has 5 heteroatoms. The van der Waals surface area contributed by atoms with E-state index in [0.29, 0.717) is 30.3 Å². The molecule has 0 aliphatic carbocycles. The van der Waals surface area contributed by atoms with Crippen molar-refractivity contribution in [3.8, 4) is 11.8 Å². The molecule has 27 heavy (non-hydrogen) atoms.